The van der Waals surface area contributed by atoms with Crippen LogP contribution in [0.4, 0.5) is 4.32 Å². The molecule has 2 nitrogen and oxygen atoms in total. The Morgan fingerprint density at radius 1 is 1.75 bits per heavy atom. The van der Waals surface area contributed by atoms with E-state index >= 15 is 0 Å². The van der Waals surface area contributed by atoms with Crippen molar-refractivity contribution in [3.8, 4) is 0 Å². The molecule has 0 bridgehead atoms. The van der Waals surface area contributed by atoms with E-state index < -0.39 is 7.40 Å². The molecule has 0 amide bonds. The molecule has 0 aromatic heterocycles. The first kappa shape index (κ1) is 7.91. The Labute approximate surface area is 48.8 Å². The lowest BCUT2D eigenvalue weighted by atomic mass is 10.3. The summed E-state index contributed by atoms with van der Waals surface area (Å²) in [4.78, 5) is 0. The molecule has 4 heteroatoms. The lowest BCUT2D eigenvalue weighted by molar-refractivity contribution is 0.217. The van der Waals surface area contributed by atoms with Crippen molar-refractivity contribution in [2.24, 2.45) is 0 Å². The van der Waals surface area contributed by atoms with Gasteiger partial charge in [-0.15, -0.1) is 0 Å². The fraction of sp³-hybridized carbons (Fsp3) is 1.00. The van der Waals surface area contributed by atoms with E-state index in [0.717, 1.165) is 12.8 Å². The van der Waals surface area contributed by atoms with Crippen molar-refractivity contribution in [2.75, 3.05) is 6.61 Å². The van der Waals surface area contributed by atoms with Crippen molar-refractivity contribution in [2.45, 2.75) is 19.8 Å². The zero-order valence-electron chi connectivity index (χ0n) is 4.93. The first-order chi connectivity index (χ1) is 3.77. The highest BCUT2D eigenvalue weighted by Crippen LogP contribution is 1.89. The van der Waals surface area contributed by atoms with Crippen LogP contribution in [0.3, 0.4) is 0 Å². The summed E-state index contributed by atoms with van der Waals surface area (Å²) in [6, 6.07) is 0. The van der Waals surface area contributed by atoms with Crippen LogP contribution < -0.4 is 0 Å². The molecule has 0 saturated carbocycles. The van der Waals surface area contributed by atoms with Gasteiger partial charge in [-0.2, -0.15) is 0 Å². The summed E-state index contributed by atoms with van der Waals surface area (Å²) < 4.78 is 15.5. The van der Waals surface area contributed by atoms with Crippen molar-refractivity contribution in [1.29, 1.82) is 0 Å². The highest BCUT2D eigenvalue weighted by atomic mass is 19.1. The van der Waals surface area contributed by atoms with E-state index in [1.807, 2.05) is 6.92 Å². The summed E-state index contributed by atoms with van der Waals surface area (Å²) in [5.41, 5.74) is 0. The van der Waals surface area contributed by atoms with E-state index in [-0.39, 0.29) is 0 Å². The number of hydrogen-bond donors (Lipinski definition) is 1. The Kier molecular flexibility index (Phi) is 5.01. The summed E-state index contributed by atoms with van der Waals surface area (Å²) in [6.45, 7) is 2.27. The van der Waals surface area contributed by atoms with Gasteiger partial charge in [-0.3, -0.25) is 4.32 Å². The second kappa shape index (κ2) is 5.06. The van der Waals surface area contributed by atoms with Crippen LogP contribution in [-0.4, -0.2) is 19.0 Å². The average Bonchev–Trinajstić information content (AvgIpc) is 1.66. The van der Waals surface area contributed by atoms with Crippen LogP contribution in [0.5, 0.6) is 0 Å². The third-order valence-electron chi connectivity index (χ3n) is 0.753. The third kappa shape index (κ3) is 5.91. The summed E-state index contributed by atoms with van der Waals surface area (Å²) in [6.07, 6.45) is 1.74. The molecule has 0 rings (SSSR count). The molecule has 0 atom stereocenters. The van der Waals surface area contributed by atoms with Gasteiger partial charge < -0.3 is 9.68 Å². The van der Waals surface area contributed by atoms with Crippen molar-refractivity contribution in [3.63, 3.8) is 0 Å². The molecular weight excluding hydrogens is 110 g/mol. The van der Waals surface area contributed by atoms with Crippen LogP contribution >= 0.6 is 0 Å². The molecule has 0 fully saturated rings. The standard InChI is InChI=1S/C4H10BFO2/c1-2-3-4-8-5(6)7/h7H,2-4H2,1H3. The normalized spacial score (nSPS) is 9.38. The molecule has 0 aliphatic rings. The monoisotopic (exact) mass is 120 g/mol. The Morgan fingerprint density at radius 3 is 2.75 bits per heavy atom. The van der Waals surface area contributed by atoms with Crippen LogP contribution in [0.2, 0.25) is 0 Å². The predicted octanol–water partition coefficient (Wildman–Crippen LogP) is 0.750. The van der Waals surface area contributed by atoms with Crippen molar-refractivity contribution < 1.29 is 14.0 Å². The molecule has 0 spiro atoms. The molecule has 0 unspecified atom stereocenters. The molecule has 0 radical (unpaired) electrons. The molecule has 1 N–H and O–H groups in total. The first-order valence-corrected chi connectivity index (χ1v) is 2.71. The van der Waals surface area contributed by atoms with Gasteiger partial charge in [0.25, 0.3) is 0 Å². The van der Waals surface area contributed by atoms with Crippen molar-refractivity contribution in [3.05, 3.63) is 0 Å². The van der Waals surface area contributed by atoms with Crippen LogP contribution in [0.25, 0.3) is 0 Å². The molecule has 0 aromatic carbocycles. The van der Waals surface area contributed by atoms with Crippen LogP contribution in [0, 0.1) is 0 Å². The Bertz CT molecular complexity index is 51.3. The second-order valence-electron chi connectivity index (χ2n) is 1.52. The first-order valence-electron chi connectivity index (χ1n) is 2.71. The summed E-state index contributed by atoms with van der Waals surface area (Å²) in [5.74, 6) is 0. The molecule has 8 heavy (non-hydrogen) atoms. The fourth-order valence-electron chi connectivity index (χ4n) is 0.325. The lowest BCUT2D eigenvalue weighted by Crippen LogP contribution is -2.11. The lowest BCUT2D eigenvalue weighted by Gasteiger charge is -1.96. The fourth-order valence-corrected chi connectivity index (χ4v) is 0.325. The number of halogens is 1. The molecule has 0 heterocycles. The second-order valence-corrected chi connectivity index (χ2v) is 1.52. The molecule has 0 saturated heterocycles. The van der Waals surface area contributed by atoms with Crippen LogP contribution in [0.1, 0.15) is 19.8 Å². The number of rotatable bonds is 4. The van der Waals surface area contributed by atoms with Gasteiger partial charge >= 0.3 is 7.40 Å². The molecular formula is C4H10BFO2. The van der Waals surface area contributed by atoms with Gasteiger partial charge in [0.1, 0.15) is 0 Å². The molecule has 0 aliphatic heterocycles. The maximum Gasteiger partial charge on any atom is 0.677 e. The summed E-state index contributed by atoms with van der Waals surface area (Å²) in [7, 11) is -2.10. The highest BCUT2D eigenvalue weighted by Gasteiger charge is 2.08. The largest absolute Gasteiger partial charge is 0.677 e. The van der Waals surface area contributed by atoms with Crippen LogP contribution in [-0.2, 0) is 4.65 Å². The van der Waals surface area contributed by atoms with Gasteiger partial charge in [-0.05, 0) is 6.42 Å². The molecule has 0 aliphatic carbocycles. The number of hydrogen-bond acceptors (Lipinski definition) is 2. The van der Waals surface area contributed by atoms with E-state index in [4.69, 9.17) is 5.02 Å². The summed E-state index contributed by atoms with van der Waals surface area (Å²) >= 11 is 0. The Morgan fingerprint density at radius 2 is 2.38 bits per heavy atom. The minimum Gasteiger partial charge on any atom is -0.398 e. The quantitative estimate of drug-likeness (QED) is 0.438. The SMILES string of the molecule is CCCCOB(O)F. The van der Waals surface area contributed by atoms with Gasteiger partial charge in [0.2, 0.25) is 0 Å². The topological polar surface area (TPSA) is 29.5 Å². The molecule has 0 aromatic rings. The highest BCUT2D eigenvalue weighted by molar-refractivity contribution is 6.33. The van der Waals surface area contributed by atoms with Gasteiger partial charge in [0, 0.05) is 6.61 Å². The van der Waals surface area contributed by atoms with Gasteiger partial charge in [0.15, 0.2) is 0 Å². The minimum absolute atomic E-state index is 0.300. The van der Waals surface area contributed by atoms with Gasteiger partial charge in [0.05, 0.1) is 0 Å². The maximum atomic E-state index is 11.4. The van der Waals surface area contributed by atoms with Crippen molar-refractivity contribution in [1.82, 2.24) is 0 Å². The zero-order chi connectivity index (χ0) is 6.41. The molecule has 48 valence electrons. The van der Waals surface area contributed by atoms with Gasteiger partial charge in [-0.25, -0.2) is 0 Å². The third-order valence-corrected chi connectivity index (χ3v) is 0.753. The zero-order valence-corrected chi connectivity index (χ0v) is 4.93. The smallest absolute Gasteiger partial charge is 0.398 e. The van der Waals surface area contributed by atoms with Crippen LogP contribution in [0.15, 0.2) is 0 Å². The van der Waals surface area contributed by atoms with Gasteiger partial charge in [-0.1, -0.05) is 13.3 Å². The average molecular weight is 120 g/mol. The Balaban J connectivity index is 2.72. The van der Waals surface area contributed by atoms with Crippen molar-refractivity contribution >= 4 is 7.40 Å². The summed E-state index contributed by atoms with van der Waals surface area (Å²) in [5, 5.41) is 7.89. The van der Waals surface area contributed by atoms with E-state index in [2.05, 4.69) is 4.65 Å². The minimum atomic E-state index is -2.10. The number of unbranched alkanes of at least 4 members (excludes halogenated alkanes) is 1. The Hall–Kier alpha value is -0.0851. The van der Waals surface area contributed by atoms with E-state index in [0.29, 0.717) is 6.61 Å². The van der Waals surface area contributed by atoms with E-state index in [1.165, 1.54) is 0 Å². The van der Waals surface area contributed by atoms with E-state index in [9.17, 15) is 4.32 Å². The maximum absolute atomic E-state index is 11.4. The predicted molar refractivity (Wildman–Crippen MR) is 29.9 cm³/mol. The van der Waals surface area contributed by atoms with E-state index in [1.54, 1.807) is 0 Å².